The van der Waals surface area contributed by atoms with Gasteiger partial charge < -0.3 is 5.32 Å². The van der Waals surface area contributed by atoms with Crippen LogP contribution in [-0.4, -0.2) is 12.5 Å². The topological polar surface area (TPSA) is 29.1 Å². The highest BCUT2D eigenvalue weighted by Crippen LogP contribution is 2.18. The molecule has 0 aromatic heterocycles. The smallest absolute Gasteiger partial charge is 0.255 e. The third-order valence-electron chi connectivity index (χ3n) is 1.55. The van der Waals surface area contributed by atoms with Gasteiger partial charge in [0.25, 0.3) is 5.91 Å². The number of hydrogen-bond donors (Lipinski definition) is 1. The number of halogens is 2. The van der Waals surface area contributed by atoms with Crippen molar-refractivity contribution in [1.29, 1.82) is 0 Å². The van der Waals surface area contributed by atoms with E-state index in [0.29, 0.717) is 0 Å². The van der Waals surface area contributed by atoms with Crippen LogP contribution in [0.4, 0.5) is 4.39 Å². The lowest BCUT2D eigenvalue weighted by Crippen LogP contribution is -2.24. The molecule has 1 rings (SSSR count). The first-order valence-electron chi connectivity index (χ1n) is 3.82. The average molecular weight is 256 g/mol. The standard InChI is InChI=1S/C10H7BrFNO/c1-2-6-13-10(14)7-4-3-5-8(11)9(7)12/h1,3-5H,6H2,(H,13,14). The van der Waals surface area contributed by atoms with Gasteiger partial charge in [-0.25, -0.2) is 4.39 Å². The van der Waals surface area contributed by atoms with Crippen molar-refractivity contribution in [2.75, 3.05) is 6.54 Å². The highest BCUT2D eigenvalue weighted by atomic mass is 79.9. The van der Waals surface area contributed by atoms with Gasteiger partial charge in [0, 0.05) is 0 Å². The zero-order chi connectivity index (χ0) is 10.6. The zero-order valence-corrected chi connectivity index (χ0v) is 8.77. The van der Waals surface area contributed by atoms with Crippen LogP contribution in [0.1, 0.15) is 10.4 Å². The normalized spacial score (nSPS) is 9.21. The molecule has 72 valence electrons. The fourth-order valence-electron chi connectivity index (χ4n) is 0.906. The van der Waals surface area contributed by atoms with Crippen molar-refractivity contribution in [3.8, 4) is 12.3 Å². The molecular formula is C10H7BrFNO. The Morgan fingerprint density at radius 1 is 1.64 bits per heavy atom. The third-order valence-corrected chi connectivity index (χ3v) is 2.16. The molecule has 0 bridgehead atoms. The number of carbonyl (C=O) groups is 1. The first-order valence-corrected chi connectivity index (χ1v) is 4.61. The fraction of sp³-hybridized carbons (Fsp3) is 0.100. The molecule has 0 saturated carbocycles. The van der Waals surface area contributed by atoms with Gasteiger partial charge in [-0.2, -0.15) is 0 Å². The molecule has 0 radical (unpaired) electrons. The van der Waals surface area contributed by atoms with Crippen molar-refractivity contribution in [1.82, 2.24) is 5.32 Å². The highest BCUT2D eigenvalue weighted by molar-refractivity contribution is 9.10. The van der Waals surface area contributed by atoms with Crippen LogP contribution in [0.5, 0.6) is 0 Å². The van der Waals surface area contributed by atoms with Gasteiger partial charge in [-0.3, -0.25) is 4.79 Å². The van der Waals surface area contributed by atoms with Crippen molar-refractivity contribution in [3.63, 3.8) is 0 Å². The maximum Gasteiger partial charge on any atom is 0.255 e. The summed E-state index contributed by atoms with van der Waals surface area (Å²) in [6.45, 7) is 0.0881. The molecule has 0 saturated heterocycles. The molecule has 0 atom stereocenters. The van der Waals surface area contributed by atoms with E-state index in [1.807, 2.05) is 0 Å². The molecule has 1 amide bonds. The molecule has 0 aliphatic heterocycles. The van der Waals surface area contributed by atoms with E-state index in [9.17, 15) is 9.18 Å². The predicted molar refractivity (Wildman–Crippen MR) is 55.3 cm³/mol. The highest BCUT2D eigenvalue weighted by Gasteiger charge is 2.12. The number of carbonyl (C=O) groups excluding carboxylic acids is 1. The minimum Gasteiger partial charge on any atom is -0.341 e. The minimum atomic E-state index is -0.581. The fourth-order valence-corrected chi connectivity index (χ4v) is 1.27. The molecule has 2 nitrogen and oxygen atoms in total. The molecule has 0 spiro atoms. The molecule has 1 aromatic rings. The van der Waals surface area contributed by atoms with E-state index < -0.39 is 11.7 Å². The van der Waals surface area contributed by atoms with Gasteiger partial charge in [-0.15, -0.1) is 6.42 Å². The number of hydrogen-bond acceptors (Lipinski definition) is 1. The lowest BCUT2D eigenvalue weighted by molar-refractivity contribution is 0.0954. The molecule has 14 heavy (non-hydrogen) atoms. The van der Waals surface area contributed by atoms with E-state index >= 15 is 0 Å². The molecule has 4 heteroatoms. The van der Waals surface area contributed by atoms with Crippen molar-refractivity contribution < 1.29 is 9.18 Å². The number of benzene rings is 1. The predicted octanol–water partition coefficient (Wildman–Crippen LogP) is 1.95. The van der Waals surface area contributed by atoms with Crippen molar-refractivity contribution in [3.05, 3.63) is 34.1 Å². The lowest BCUT2D eigenvalue weighted by atomic mass is 10.2. The SMILES string of the molecule is C#CCNC(=O)c1cccc(Br)c1F. The van der Waals surface area contributed by atoms with Crippen molar-refractivity contribution >= 4 is 21.8 Å². The second kappa shape index (κ2) is 4.77. The Morgan fingerprint density at radius 3 is 3.00 bits per heavy atom. The summed E-state index contributed by atoms with van der Waals surface area (Å²) in [4.78, 5) is 11.3. The molecule has 0 aliphatic carbocycles. The molecule has 1 N–H and O–H groups in total. The zero-order valence-electron chi connectivity index (χ0n) is 7.18. The van der Waals surface area contributed by atoms with Crippen LogP contribution in [0.25, 0.3) is 0 Å². The van der Waals surface area contributed by atoms with Gasteiger partial charge in [0.05, 0.1) is 16.6 Å². The van der Waals surface area contributed by atoms with Crippen LogP contribution < -0.4 is 5.32 Å². The maximum atomic E-state index is 13.3. The van der Waals surface area contributed by atoms with Gasteiger partial charge in [-0.05, 0) is 28.1 Å². The van der Waals surface area contributed by atoms with Crippen LogP contribution in [0.3, 0.4) is 0 Å². The average Bonchev–Trinajstić information content (AvgIpc) is 2.18. The summed E-state index contributed by atoms with van der Waals surface area (Å²) in [6.07, 6.45) is 4.96. The van der Waals surface area contributed by atoms with E-state index in [0.717, 1.165) is 0 Å². The summed E-state index contributed by atoms with van der Waals surface area (Å²) in [6, 6.07) is 4.50. The Morgan fingerprint density at radius 2 is 2.36 bits per heavy atom. The molecule has 1 aromatic carbocycles. The summed E-state index contributed by atoms with van der Waals surface area (Å²) in [5.41, 5.74) is -0.0189. The van der Waals surface area contributed by atoms with E-state index in [1.54, 1.807) is 6.07 Å². The van der Waals surface area contributed by atoms with E-state index in [4.69, 9.17) is 6.42 Å². The number of rotatable bonds is 2. The largest absolute Gasteiger partial charge is 0.341 e. The third kappa shape index (κ3) is 2.33. The van der Waals surface area contributed by atoms with Crippen LogP contribution in [0.2, 0.25) is 0 Å². The van der Waals surface area contributed by atoms with Crippen LogP contribution in [0, 0.1) is 18.2 Å². The first kappa shape index (κ1) is 10.7. The van der Waals surface area contributed by atoms with Crippen LogP contribution in [-0.2, 0) is 0 Å². The lowest BCUT2D eigenvalue weighted by Gasteiger charge is -2.03. The van der Waals surface area contributed by atoms with Gasteiger partial charge >= 0.3 is 0 Å². The van der Waals surface area contributed by atoms with E-state index in [-0.39, 0.29) is 16.6 Å². The monoisotopic (exact) mass is 255 g/mol. The van der Waals surface area contributed by atoms with E-state index in [2.05, 4.69) is 27.2 Å². The summed E-state index contributed by atoms with van der Waals surface area (Å²) in [5.74, 6) is 1.14. The molecule has 0 heterocycles. The maximum absolute atomic E-state index is 13.3. The Kier molecular flexibility index (Phi) is 3.66. The number of amides is 1. The Labute approximate surface area is 89.6 Å². The van der Waals surface area contributed by atoms with Gasteiger partial charge in [-0.1, -0.05) is 12.0 Å². The summed E-state index contributed by atoms with van der Waals surface area (Å²) >= 11 is 2.99. The van der Waals surface area contributed by atoms with E-state index in [1.165, 1.54) is 12.1 Å². The Bertz CT molecular complexity index is 398. The molecule has 0 aliphatic rings. The minimum absolute atomic E-state index is 0.0189. The Hall–Kier alpha value is -1.34. The van der Waals surface area contributed by atoms with Crippen LogP contribution >= 0.6 is 15.9 Å². The van der Waals surface area contributed by atoms with Gasteiger partial charge in [0.15, 0.2) is 0 Å². The first-order chi connectivity index (χ1) is 6.66. The molecular weight excluding hydrogens is 249 g/mol. The number of terminal acetylenes is 1. The summed E-state index contributed by atoms with van der Waals surface area (Å²) in [7, 11) is 0. The summed E-state index contributed by atoms with van der Waals surface area (Å²) in [5, 5.41) is 2.38. The van der Waals surface area contributed by atoms with Crippen LogP contribution in [0.15, 0.2) is 22.7 Å². The quantitative estimate of drug-likeness (QED) is 0.805. The summed E-state index contributed by atoms with van der Waals surface area (Å²) < 4.78 is 13.6. The molecule has 0 fully saturated rings. The second-order valence-electron chi connectivity index (χ2n) is 2.49. The molecule has 0 unspecified atom stereocenters. The van der Waals surface area contributed by atoms with Crippen molar-refractivity contribution in [2.24, 2.45) is 0 Å². The second-order valence-corrected chi connectivity index (χ2v) is 3.34. The van der Waals surface area contributed by atoms with Crippen molar-refractivity contribution in [2.45, 2.75) is 0 Å². The van der Waals surface area contributed by atoms with Gasteiger partial charge in [0.1, 0.15) is 5.82 Å². The number of nitrogens with one attached hydrogen (secondary N) is 1. The Balaban J connectivity index is 2.91. The van der Waals surface area contributed by atoms with Gasteiger partial charge in [0.2, 0.25) is 0 Å².